The Morgan fingerprint density at radius 2 is 2.07 bits per heavy atom. The molecular weight excluding hydrogens is 218 g/mol. The van der Waals surface area contributed by atoms with Gasteiger partial charge in [-0.25, -0.2) is 9.97 Å². The molecule has 0 bridgehead atoms. The van der Waals surface area contributed by atoms with E-state index < -0.39 is 0 Å². The van der Waals surface area contributed by atoms with Crippen molar-refractivity contribution >= 4 is 29.3 Å². The Morgan fingerprint density at radius 1 is 1.36 bits per heavy atom. The van der Waals surface area contributed by atoms with Crippen molar-refractivity contribution in [3.05, 3.63) is 16.9 Å². The molecule has 5 heteroatoms. The molecule has 0 aliphatic carbocycles. The normalized spacial score (nSPS) is 17.1. The highest BCUT2D eigenvalue weighted by Crippen LogP contribution is 2.17. The van der Waals surface area contributed by atoms with Crippen molar-refractivity contribution in [3.63, 3.8) is 0 Å². The lowest BCUT2D eigenvalue weighted by atomic mass is 10.4. The molecule has 1 fully saturated rings. The molecule has 76 valence electrons. The largest absolute Gasteiger partial charge is 0.339 e. The van der Waals surface area contributed by atoms with Crippen LogP contribution in [0.1, 0.15) is 5.69 Å². The lowest BCUT2D eigenvalue weighted by Crippen LogP contribution is -2.33. The maximum absolute atomic E-state index is 5.89. The van der Waals surface area contributed by atoms with E-state index in [0.717, 1.165) is 36.2 Å². The summed E-state index contributed by atoms with van der Waals surface area (Å²) in [6.45, 7) is 3.98. The van der Waals surface area contributed by atoms with Gasteiger partial charge in [-0.15, -0.1) is 0 Å². The van der Waals surface area contributed by atoms with Gasteiger partial charge in [-0.1, -0.05) is 11.6 Å². The first-order chi connectivity index (χ1) is 6.75. The Hall–Kier alpha value is -0.480. The number of anilines is 1. The number of rotatable bonds is 1. The molecule has 2 rings (SSSR count). The Balaban J connectivity index is 2.21. The molecular formula is C9H12ClN3S. The average molecular weight is 230 g/mol. The van der Waals surface area contributed by atoms with Crippen LogP contribution in [0.4, 0.5) is 5.95 Å². The van der Waals surface area contributed by atoms with E-state index in [0.29, 0.717) is 5.15 Å². The minimum Gasteiger partial charge on any atom is -0.339 e. The van der Waals surface area contributed by atoms with Crippen molar-refractivity contribution < 1.29 is 0 Å². The Labute approximate surface area is 92.9 Å². The molecule has 2 heterocycles. The Morgan fingerprint density at radius 3 is 2.71 bits per heavy atom. The van der Waals surface area contributed by atoms with Gasteiger partial charge in [-0.3, -0.25) is 0 Å². The van der Waals surface area contributed by atoms with Gasteiger partial charge < -0.3 is 4.90 Å². The number of halogens is 1. The third kappa shape index (κ3) is 2.30. The fraction of sp³-hybridized carbons (Fsp3) is 0.556. The van der Waals surface area contributed by atoms with Crippen LogP contribution in [-0.4, -0.2) is 34.6 Å². The highest BCUT2D eigenvalue weighted by molar-refractivity contribution is 7.99. The summed E-state index contributed by atoms with van der Waals surface area (Å²) in [4.78, 5) is 10.8. The summed E-state index contributed by atoms with van der Waals surface area (Å²) in [7, 11) is 0. The van der Waals surface area contributed by atoms with Crippen molar-refractivity contribution in [1.29, 1.82) is 0 Å². The van der Waals surface area contributed by atoms with Crippen LogP contribution in [-0.2, 0) is 0 Å². The van der Waals surface area contributed by atoms with Crippen molar-refractivity contribution in [2.45, 2.75) is 6.92 Å². The Kier molecular flexibility index (Phi) is 3.13. The minimum absolute atomic E-state index is 0.533. The standard InChI is InChI=1S/C9H12ClN3S/c1-7-6-8(10)12-9(11-7)13-2-4-14-5-3-13/h6H,2-5H2,1H3. The first kappa shape index (κ1) is 10.1. The first-order valence-corrected chi connectivity index (χ1v) is 6.13. The quantitative estimate of drug-likeness (QED) is 0.689. The van der Waals surface area contributed by atoms with Gasteiger partial charge in [0.1, 0.15) is 5.15 Å². The second-order valence-corrected chi connectivity index (χ2v) is 4.84. The zero-order valence-corrected chi connectivity index (χ0v) is 9.61. The van der Waals surface area contributed by atoms with Gasteiger partial charge in [-0.05, 0) is 13.0 Å². The summed E-state index contributed by atoms with van der Waals surface area (Å²) >= 11 is 7.86. The fourth-order valence-electron chi connectivity index (χ4n) is 1.42. The van der Waals surface area contributed by atoms with Crippen LogP contribution < -0.4 is 4.90 Å². The summed E-state index contributed by atoms with van der Waals surface area (Å²) < 4.78 is 0. The topological polar surface area (TPSA) is 29.0 Å². The molecule has 3 nitrogen and oxygen atoms in total. The molecule has 1 aliphatic heterocycles. The predicted molar refractivity (Wildman–Crippen MR) is 61.3 cm³/mol. The molecule has 1 saturated heterocycles. The van der Waals surface area contributed by atoms with Gasteiger partial charge in [0.25, 0.3) is 0 Å². The van der Waals surface area contributed by atoms with E-state index in [1.54, 1.807) is 6.07 Å². The third-order valence-corrected chi connectivity index (χ3v) is 3.24. The molecule has 0 spiro atoms. The van der Waals surface area contributed by atoms with Crippen LogP contribution in [0.2, 0.25) is 5.15 Å². The predicted octanol–water partition coefficient (Wildman–Crippen LogP) is 1.99. The second kappa shape index (κ2) is 4.36. The lowest BCUT2D eigenvalue weighted by molar-refractivity contribution is 0.811. The van der Waals surface area contributed by atoms with Gasteiger partial charge in [0.15, 0.2) is 0 Å². The van der Waals surface area contributed by atoms with Crippen LogP contribution in [0.15, 0.2) is 6.07 Å². The zero-order valence-electron chi connectivity index (χ0n) is 8.03. The monoisotopic (exact) mass is 229 g/mol. The van der Waals surface area contributed by atoms with Crippen molar-refractivity contribution in [2.24, 2.45) is 0 Å². The maximum Gasteiger partial charge on any atom is 0.227 e. The Bertz CT molecular complexity index is 306. The van der Waals surface area contributed by atoms with Crippen LogP contribution in [0.3, 0.4) is 0 Å². The van der Waals surface area contributed by atoms with E-state index in [2.05, 4.69) is 14.9 Å². The summed E-state index contributed by atoms with van der Waals surface area (Å²) in [5.41, 5.74) is 0.929. The van der Waals surface area contributed by atoms with Gasteiger partial charge in [0.2, 0.25) is 5.95 Å². The minimum atomic E-state index is 0.533. The van der Waals surface area contributed by atoms with E-state index in [1.807, 2.05) is 18.7 Å². The summed E-state index contributed by atoms with van der Waals surface area (Å²) in [6.07, 6.45) is 0. The van der Waals surface area contributed by atoms with E-state index in [-0.39, 0.29) is 0 Å². The highest BCUT2D eigenvalue weighted by Gasteiger charge is 2.14. The number of hydrogen-bond acceptors (Lipinski definition) is 4. The molecule has 0 radical (unpaired) electrons. The van der Waals surface area contributed by atoms with Gasteiger partial charge in [0.05, 0.1) is 0 Å². The smallest absolute Gasteiger partial charge is 0.227 e. The van der Waals surface area contributed by atoms with Gasteiger partial charge >= 0.3 is 0 Å². The highest BCUT2D eigenvalue weighted by atomic mass is 35.5. The lowest BCUT2D eigenvalue weighted by Gasteiger charge is -2.26. The zero-order chi connectivity index (χ0) is 9.97. The summed E-state index contributed by atoms with van der Waals surface area (Å²) in [5, 5.41) is 0.533. The molecule has 0 atom stereocenters. The third-order valence-electron chi connectivity index (χ3n) is 2.11. The van der Waals surface area contributed by atoms with Crippen LogP contribution >= 0.6 is 23.4 Å². The SMILES string of the molecule is Cc1cc(Cl)nc(N2CCSCC2)n1. The van der Waals surface area contributed by atoms with Gasteiger partial charge in [-0.2, -0.15) is 11.8 Å². The number of nitrogens with zero attached hydrogens (tertiary/aromatic N) is 3. The van der Waals surface area contributed by atoms with Crippen molar-refractivity contribution in [3.8, 4) is 0 Å². The first-order valence-electron chi connectivity index (χ1n) is 4.59. The van der Waals surface area contributed by atoms with E-state index in [1.165, 1.54) is 0 Å². The second-order valence-electron chi connectivity index (χ2n) is 3.23. The number of aryl methyl sites for hydroxylation is 1. The van der Waals surface area contributed by atoms with E-state index >= 15 is 0 Å². The maximum atomic E-state index is 5.89. The average Bonchev–Trinajstić information content (AvgIpc) is 2.18. The van der Waals surface area contributed by atoms with Crippen LogP contribution in [0.5, 0.6) is 0 Å². The van der Waals surface area contributed by atoms with Crippen molar-refractivity contribution in [2.75, 3.05) is 29.5 Å². The number of thioether (sulfide) groups is 1. The van der Waals surface area contributed by atoms with E-state index in [4.69, 9.17) is 11.6 Å². The molecule has 14 heavy (non-hydrogen) atoms. The molecule has 1 aliphatic rings. The molecule has 0 saturated carbocycles. The fourth-order valence-corrected chi connectivity index (χ4v) is 2.56. The molecule has 0 unspecified atom stereocenters. The summed E-state index contributed by atoms with van der Waals surface area (Å²) in [5.74, 6) is 3.07. The molecule has 1 aromatic rings. The summed E-state index contributed by atoms with van der Waals surface area (Å²) in [6, 6.07) is 1.78. The molecule has 0 aromatic carbocycles. The molecule has 0 amide bonds. The molecule has 0 N–H and O–H groups in total. The van der Waals surface area contributed by atoms with Gasteiger partial charge in [0, 0.05) is 30.3 Å². The number of aromatic nitrogens is 2. The van der Waals surface area contributed by atoms with Crippen LogP contribution in [0.25, 0.3) is 0 Å². The molecule has 1 aromatic heterocycles. The van der Waals surface area contributed by atoms with Crippen LogP contribution in [0, 0.1) is 6.92 Å². The number of hydrogen-bond donors (Lipinski definition) is 0. The van der Waals surface area contributed by atoms with Crippen molar-refractivity contribution in [1.82, 2.24) is 9.97 Å². The van der Waals surface area contributed by atoms with E-state index in [9.17, 15) is 0 Å².